The van der Waals surface area contributed by atoms with Gasteiger partial charge in [0.15, 0.2) is 0 Å². The van der Waals surface area contributed by atoms with Gasteiger partial charge < -0.3 is 66.7 Å². The van der Waals surface area contributed by atoms with Crippen LogP contribution in [0.3, 0.4) is 0 Å². The fourth-order valence-corrected chi connectivity index (χ4v) is 19.4. The van der Waals surface area contributed by atoms with Crippen LogP contribution < -0.4 is 27.4 Å². The average molecular weight is 1410 g/mol. The third kappa shape index (κ3) is 24.2. The summed E-state index contributed by atoms with van der Waals surface area (Å²) in [5.74, 6) is 2.05. The van der Waals surface area contributed by atoms with Crippen LogP contribution in [0.1, 0.15) is 163 Å². The maximum Gasteiger partial charge on any atom is 0.336 e. The second-order valence-electron chi connectivity index (χ2n) is 31.3. The van der Waals surface area contributed by atoms with E-state index in [0.717, 1.165) is 156 Å². The van der Waals surface area contributed by atoms with Gasteiger partial charge in [0.25, 0.3) is 0 Å². The third-order valence-electron chi connectivity index (χ3n) is 22.9. The highest BCUT2D eigenvalue weighted by molar-refractivity contribution is 6.91. The van der Waals surface area contributed by atoms with Crippen LogP contribution in [0, 0.1) is 17.8 Å². The lowest BCUT2D eigenvalue weighted by Crippen LogP contribution is -2.54. The van der Waals surface area contributed by atoms with Gasteiger partial charge in [-0.3, -0.25) is 0 Å². The lowest BCUT2D eigenvalue weighted by molar-refractivity contribution is -0.182. The van der Waals surface area contributed by atoms with Gasteiger partial charge in [0.1, 0.15) is 12.2 Å². The van der Waals surface area contributed by atoms with E-state index in [2.05, 4.69) is 57.0 Å². The Morgan fingerprint density at radius 2 is 0.939 bits per heavy atom. The van der Waals surface area contributed by atoms with Crippen LogP contribution in [0.2, 0.25) is 38.3 Å². The van der Waals surface area contributed by atoms with Crippen molar-refractivity contribution < 1.29 is 71.5 Å². The topological polar surface area (TPSA) is 240 Å². The molecule has 0 amide bonds. The van der Waals surface area contributed by atoms with Gasteiger partial charge in [-0.1, -0.05) is 126 Å². The number of aliphatic hydroxyl groups is 1. The number of aromatic nitrogens is 3. The van der Waals surface area contributed by atoms with Crippen LogP contribution >= 0.6 is 0 Å². The summed E-state index contributed by atoms with van der Waals surface area (Å²) in [6.07, 6.45) is 28.9. The Balaban J connectivity index is 0.000000153. The standard InChI is InChI=1S/C26H42O2Si2.C20H33N3O7.C12H22O4.C11H16O3.C6H12O2/c1-29(2,15-13-19-5-11-23-25(17-19)27-23)21-7-9-22(10-8-21)30(3,4)16-14-20-6-12-24-26(18-20)28-24;1-4-19(6-10-29-19)14-27-12-8-22-16(24)21(3)17(25)23(18(22)26)9-13-28-15-20(5-2)7-11-30-20;1(3-5-13-7-11-9-15-11)2-4-6-14-8-12-10-16-12;1-7(2)11(12)13-6-8-3-4-9-10(5-8)14-9;1-2-6(5-7)3-4-8-6/h7-10,19-20,23-26H,5-6,11-18H2,1-4H3;4-15H2,1-3H3;11-12H,1-10H2;8-10H,1,3-6H2,2H3;7H,2-5H2,1H3. The largest absolute Gasteiger partial charge is 0.462 e. The lowest BCUT2D eigenvalue weighted by Gasteiger charge is -2.41. The zero-order valence-electron chi connectivity index (χ0n) is 61.4. The smallest absolute Gasteiger partial charge is 0.336 e. The number of fused-ring (bicyclic) bond motifs is 3. The molecule has 0 bridgehead atoms. The number of aliphatic hydroxyl groups excluding tert-OH is 1. The number of epoxide rings is 5. The van der Waals surface area contributed by atoms with Crippen LogP contribution in [0.5, 0.6) is 0 Å². The molecule has 21 nitrogen and oxygen atoms in total. The SMILES string of the molecule is C(CCCOCC1CO1)CCOCC1CO1.C=C(C)C(=O)OCC1CCC2OC2C1.CCC1(CO)CCO1.CCC1(COCCn2c(=O)n(C)c(=O)n(CCOCC3(CC)CCO3)c2=O)CCO1.C[Si](C)(CCC1CCC2OC2C1)c1ccc([Si](C)(C)CCC2CCC3OC3C2)cc1. The van der Waals surface area contributed by atoms with E-state index in [-0.39, 0.29) is 55.7 Å². The fraction of sp³-hybridized carbons (Fsp3) is 0.840. The molecule has 0 radical (unpaired) electrons. The summed E-state index contributed by atoms with van der Waals surface area (Å²) in [7, 11) is -1.32. The summed E-state index contributed by atoms with van der Waals surface area (Å²) in [5, 5.41) is 12.0. The fourth-order valence-electron chi connectivity index (χ4n) is 14.4. The number of ether oxygens (including phenoxy) is 13. The molecule has 0 spiro atoms. The molecule has 8 saturated heterocycles. The van der Waals surface area contributed by atoms with Crippen LogP contribution in [-0.4, -0.2) is 206 Å². The molecule has 1 aromatic carbocycles. The Morgan fingerprint density at radius 3 is 1.27 bits per heavy atom. The first-order valence-corrected chi connectivity index (χ1v) is 44.4. The summed E-state index contributed by atoms with van der Waals surface area (Å²) in [6, 6.07) is 12.9. The predicted molar refractivity (Wildman–Crippen MR) is 383 cm³/mol. The molecule has 9 heterocycles. The number of carbonyl (C=O) groups is 1. The van der Waals surface area contributed by atoms with Crippen LogP contribution in [-0.2, 0) is 86.5 Å². The minimum absolute atomic E-state index is 0.0687. The molecule has 3 saturated carbocycles. The van der Waals surface area contributed by atoms with Gasteiger partial charge in [0.2, 0.25) is 0 Å². The molecule has 98 heavy (non-hydrogen) atoms. The van der Waals surface area contributed by atoms with Gasteiger partial charge in [-0.2, -0.15) is 0 Å². The summed E-state index contributed by atoms with van der Waals surface area (Å²) >= 11 is 0. The minimum atomic E-state index is -1.34. The maximum atomic E-state index is 12.7. The molecule has 1 aromatic heterocycles. The normalized spacial score (nSPS) is 31.1. The van der Waals surface area contributed by atoms with E-state index in [9.17, 15) is 19.2 Å². The number of carbonyl (C=O) groups excluding carboxylic acids is 1. The van der Waals surface area contributed by atoms with Gasteiger partial charge in [-0.25, -0.2) is 32.9 Å². The number of esters is 1. The number of hydrogen-bond acceptors (Lipinski definition) is 18. The highest BCUT2D eigenvalue weighted by atomic mass is 28.3. The van der Waals surface area contributed by atoms with Gasteiger partial charge >= 0.3 is 23.0 Å². The quantitative estimate of drug-likeness (QED) is 0.0220. The summed E-state index contributed by atoms with van der Waals surface area (Å²) < 4.78 is 73.7. The zero-order valence-corrected chi connectivity index (χ0v) is 63.4. The van der Waals surface area contributed by atoms with Crippen LogP contribution in [0.15, 0.2) is 50.8 Å². The van der Waals surface area contributed by atoms with E-state index in [4.69, 9.17) is 66.7 Å². The second kappa shape index (κ2) is 37.5. The van der Waals surface area contributed by atoms with Crippen molar-refractivity contribution in [3.8, 4) is 0 Å². The molecule has 23 heteroatoms. The molecular weight excluding hydrogens is 1290 g/mol. The number of nitrogens with zero attached hydrogens (tertiary/aromatic N) is 3. The van der Waals surface area contributed by atoms with Gasteiger partial charge in [-0.15, -0.1) is 0 Å². The third-order valence-corrected chi connectivity index (χ3v) is 29.8. The molecule has 8 aliphatic heterocycles. The number of hydrogen-bond donors (Lipinski definition) is 1. The molecule has 14 unspecified atom stereocenters. The molecule has 13 rings (SSSR count). The first kappa shape index (κ1) is 78.9. The van der Waals surface area contributed by atoms with Crippen molar-refractivity contribution in [1.29, 1.82) is 0 Å². The van der Waals surface area contributed by atoms with Crippen molar-refractivity contribution in [1.82, 2.24) is 13.7 Å². The number of rotatable bonds is 36. The Morgan fingerprint density at radius 1 is 0.551 bits per heavy atom. The van der Waals surface area contributed by atoms with Crippen molar-refractivity contribution in [2.75, 3.05) is 99.1 Å². The molecule has 2 aromatic rings. The molecule has 1 N–H and O–H groups in total. The Kier molecular flexibility index (Phi) is 30.1. The van der Waals surface area contributed by atoms with Crippen molar-refractivity contribution >= 4 is 32.5 Å². The van der Waals surface area contributed by atoms with Crippen molar-refractivity contribution in [3.05, 3.63) is 67.9 Å². The average Bonchev–Trinajstić information content (AvgIpc) is 1.78. The molecule has 556 valence electrons. The molecule has 11 fully saturated rings. The summed E-state index contributed by atoms with van der Waals surface area (Å²) in [5.41, 5.74) is -2.10. The second-order valence-corrected chi connectivity index (χ2v) is 41.0. The van der Waals surface area contributed by atoms with Crippen molar-refractivity contribution in [2.45, 2.75) is 280 Å². The molecular formula is C75H125N3O18Si2. The first-order chi connectivity index (χ1) is 47.1. The molecule has 11 aliphatic rings. The number of benzene rings is 1. The number of unbranched alkanes of at least 4 members (excludes halogenated alkanes) is 3. The minimum Gasteiger partial charge on any atom is -0.462 e. The van der Waals surface area contributed by atoms with E-state index in [0.29, 0.717) is 80.1 Å². The first-order valence-electron chi connectivity index (χ1n) is 38.0. The van der Waals surface area contributed by atoms with Crippen LogP contribution in [0.25, 0.3) is 0 Å². The highest BCUT2D eigenvalue weighted by Gasteiger charge is 2.47. The highest BCUT2D eigenvalue weighted by Crippen LogP contribution is 2.43. The lowest BCUT2D eigenvalue weighted by atomic mass is 9.87. The monoisotopic (exact) mass is 1410 g/mol. The van der Waals surface area contributed by atoms with Crippen LogP contribution in [0.4, 0.5) is 0 Å². The molecule has 3 aliphatic carbocycles. The van der Waals surface area contributed by atoms with E-state index < -0.39 is 33.2 Å². The summed E-state index contributed by atoms with van der Waals surface area (Å²) in [4.78, 5) is 48.7. The maximum absolute atomic E-state index is 12.7. The zero-order chi connectivity index (χ0) is 69.9. The molecule has 14 atom stereocenters. The van der Waals surface area contributed by atoms with Gasteiger partial charge in [-0.05, 0) is 115 Å². The summed E-state index contributed by atoms with van der Waals surface area (Å²) in [6.45, 7) is 31.1. The Bertz CT molecular complexity index is 2780. The van der Waals surface area contributed by atoms with E-state index in [1.165, 1.54) is 83.3 Å². The Labute approximate surface area is 586 Å². The van der Waals surface area contributed by atoms with Gasteiger partial charge in [0, 0.05) is 45.1 Å². The van der Waals surface area contributed by atoms with E-state index in [1.807, 2.05) is 20.8 Å². The Hall–Kier alpha value is -3.25. The van der Waals surface area contributed by atoms with Crippen molar-refractivity contribution in [2.24, 2.45) is 24.8 Å². The predicted octanol–water partition coefficient (Wildman–Crippen LogP) is 8.91. The van der Waals surface area contributed by atoms with E-state index in [1.54, 1.807) is 17.3 Å². The van der Waals surface area contributed by atoms with E-state index >= 15 is 0 Å². The van der Waals surface area contributed by atoms with Gasteiger partial charge in [0.05, 0.1) is 169 Å². The van der Waals surface area contributed by atoms with Crippen molar-refractivity contribution in [3.63, 3.8) is 0 Å².